The smallest absolute Gasteiger partial charge is 0.306 e. The second-order valence-corrected chi connectivity index (χ2v) is 21.6. The highest BCUT2D eigenvalue weighted by molar-refractivity contribution is 5.71. The van der Waals surface area contributed by atoms with Crippen LogP contribution in [0.1, 0.15) is 335 Å². The van der Waals surface area contributed by atoms with E-state index in [1.807, 2.05) is 0 Å². The third-order valence-electron chi connectivity index (χ3n) is 14.3. The van der Waals surface area contributed by atoms with E-state index in [4.69, 9.17) is 14.2 Å². The Morgan fingerprint density at radius 3 is 0.838 bits per heavy atom. The van der Waals surface area contributed by atoms with Gasteiger partial charge < -0.3 is 14.2 Å². The second kappa shape index (κ2) is 62.6. The van der Waals surface area contributed by atoms with Crippen LogP contribution in [-0.4, -0.2) is 37.2 Å². The average molecular weight is 1040 g/mol. The zero-order valence-corrected chi connectivity index (χ0v) is 49.4. The number of unbranched alkanes of at least 4 members (excludes halogenated alkanes) is 38. The largest absolute Gasteiger partial charge is 0.462 e. The van der Waals surface area contributed by atoms with Crippen LogP contribution in [0.4, 0.5) is 0 Å². The molecule has 0 heterocycles. The van der Waals surface area contributed by atoms with Crippen molar-refractivity contribution >= 4 is 17.9 Å². The number of carbonyl (C=O) groups is 3. The van der Waals surface area contributed by atoms with Gasteiger partial charge in [0.2, 0.25) is 0 Å². The van der Waals surface area contributed by atoms with Crippen molar-refractivity contribution in [2.75, 3.05) is 13.2 Å². The van der Waals surface area contributed by atoms with Crippen LogP contribution in [0.25, 0.3) is 0 Å². The van der Waals surface area contributed by atoms with Gasteiger partial charge in [-0.15, -0.1) is 0 Å². The first kappa shape index (κ1) is 71.1. The van der Waals surface area contributed by atoms with Crippen molar-refractivity contribution in [2.24, 2.45) is 0 Å². The number of rotatable bonds is 59. The fraction of sp³-hybridized carbons (Fsp3) is 0.809. The Balaban J connectivity index is 3.92. The third-order valence-corrected chi connectivity index (χ3v) is 14.3. The summed E-state index contributed by atoms with van der Waals surface area (Å²) >= 11 is 0. The van der Waals surface area contributed by atoms with Gasteiger partial charge in [0.15, 0.2) is 6.10 Å². The van der Waals surface area contributed by atoms with E-state index >= 15 is 0 Å². The van der Waals surface area contributed by atoms with Crippen LogP contribution in [0, 0.1) is 0 Å². The lowest BCUT2D eigenvalue weighted by molar-refractivity contribution is -0.167. The van der Waals surface area contributed by atoms with Crippen molar-refractivity contribution in [1.82, 2.24) is 0 Å². The standard InChI is InChI=1S/C68H122O6/c1-4-7-10-13-15-17-19-21-23-25-27-28-29-30-31-32-33-34-35-36-37-38-39-40-41-43-44-46-48-50-52-55-58-61-67(70)73-64-65(63-72-66(69)60-57-54-12-9-6-3)74-68(71)62-59-56-53-51-49-47-45-42-26-24-22-20-18-16-14-11-8-5-2/h7,10,15,17,21,23-24,26-28,65H,4-6,8-9,11-14,16,18-20,22,25,29-64H2,1-3H3/b10-7-,17-15-,23-21-,26-24-,28-27-. The summed E-state index contributed by atoms with van der Waals surface area (Å²) in [5, 5.41) is 0. The molecule has 0 rings (SSSR count). The zero-order valence-electron chi connectivity index (χ0n) is 49.4. The van der Waals surface area contributed by atoms with Gasteiger partial charge in [-0.2, -0.15) is 0 Å². The van der Waals surface area contributed by atoms with Gasteiger partial charge in [0.1, 0.15) is 13.2 Å². The van der Waals surface area contributed by atoms with Crippen molar-refractivity contribution < 1.29 is 28.6 Å². The molecule has 430 valence electrons. The summed E-state index contributed by atoms with van der Waals surface area (Å²) in [5.74, 6) is -0.873. The number of hydrogen-bond donors (Lipinski definition) is 0. The third kappa shape index (κ3) is 60.0. The van der Waals surface area contributed by atoms with Gasteiger partial charge in [0, 0.05) is 19.3 Å². The molecule has 0 radical (unpaired) electrons. The maximum Gasteiger partial charge on any atom is 0.306 e. The molecule has 1 atom stereocenters. The number of ether oxygens (including phenoxy) is 3. The van der Waals surface area contributed by atoms with E-state index in [1.54, 1.807) is 0 Å². The number of hydrogen-bond acceptors (Lipinski definition) is 6. The fourth-order valence-corrected chi connectivity index (χ4v) is 9.43. The lowest BCUT2D eigenvalue weighted by atomic mass is 10.0. The second-order valence-electron chi connectivity index (χ2n) is 21.6. The van der Waals surface area contributed by atoms with Gasteiger partial charge in [0.05, 0.1) is 0 Å². The van der Waals surface area contributed by atoms with Crippen molar-refractivity contribution in [3.05, 3.63) is 60.8 Å². The molecule has 0 fully saturated rings. The average Bonchev–Trinajstić information content (AvgIpc) is 3.40. The van der Waals surface area contributed by atoms with Gasteiger partial charge in [-0.1, -0.05) is 293 Å². The van der Waals surface area contributed by atoms with Crippen LogP contribution in [0.2, 0.25) is 0 Å². The van der Waals surface area contributed by atoms with E-state index in [0.29, 0.717) is 19.3 Å². The summed E-state index contributed by atoms with van der Waals surface area (Å²) in [7, 11) is 0. The molecule has 0 aliphatic rings. The lowest BCUT2D eigenvalue weighted by Crippen LogP contribution is -2.30. The molecule has 0 bridgehead atoms. The zero-order chi connectivity index (χ0) is 53.6. The first-order valence-electron chi connectivity index (χ1n) is 32.3. The minimum Gasteiger partial charge on any atom is -0.462 e. The van der Waals surface area contributed by atoms with Crippen LogP contribution < -0.4 is 0 Å². The van der Waals surface area contributed by atoms with E-state index in [2.05, 4.69) is 81.5 Å². The Hall–Kier alpha value is -2.89. The van der Waals surface area contributed by atoms with Crippen LogP contribution in [-0.2, 0) is 28.6 Å². The molecular formula is C68H122O6. The Morgan fingerprint density at radius 1 is 0.284 bits per heavy atom. The summed E-state index contributed by atoms with van der Waals surface area (Å²) in [6.07, 6.45) is 80.1. The van der Waals surface area contributed by atoms with E-state index < -0.39 is 6.10 Å². The SMILES string of the molecule is CC/C=C\C/C=C\C/C=C\C/C=C\CCCCCCCCCCCCCCCCCCCCCCC(=O)OCC(COC(=O)CCCCCCC)OC(=O)CCCCCCCCC/C=C\CCCCCCCCC. The minimum absolute atomic E-state index is 0.0715. The normalized spacial score (nSPS) is 12.4. The number of carbonyl (C=O) groups excluding carboxylic acids is 3. The summed E-state index contributed by atoms with van der Waals surface area (Å²) in [5.41, 5.74) is 0. The molecule has 0 amide bonds. The van der Waals surface area contributed by atoms with E-state index in [9.17, 15) is 14.4 Å². The van der Waals surface area contributed by atoms with E-state index in [-0.39, 0.29) is 31.1 Å². The first-order chi connectivity index (χ1) is 36.5. The van der Waals surface area contributed by atoms with Crippen LogP contribution in [0.15, 0.2) is 60.8 Å². The maximum atomic E-state index is 12.8. The summed E-state index contributed by atoms with van der Waals surface area (Å²) < 4.78 is 16.8. The Kier molecular flexibility index (Phi) is 60.2. The fourth-order valence-electron chi connectivity index (χ4n) is 9.43. The molecule has 0 saturated heterocycles. The highest BCUT2D eigenvalue weighted by atomic mass is 16.6. The molecule has 1 unspecified atom stereocenters. The van der Waals surface area contributed by atoms with Gasteiger partial charge in [-0.3, -0.25) is 14.4 Å². The highest BCUT2D eigenvalue weighted by Gasteiger charge is 2.19. The number of allylic oxidation sites excluding steroid dienone is 10. The molecule has 0 spiro atoms. The molecular weight excluding hydrogens is 913 g/mol. The monoisotopic (exact) mass is 1030 g/mol. The van der Waals surface area contributed by atoms with Gasteiger partial charge in [0.25, 0.3) is 0 Å². The van der Waals surface area contributed by atoms with Gasteiger partial charge in [-0.25, -0.2) is 0 Å². The summed E-state index contributed by atoms with van der Waals surface area (Å²) in [6.45, 7) is 6.48. The maximum absolute atomic E-state index is 12.8. The van der Waals surface area contributed by atoms with Crippen molar-refractivity contribution in [2.45, 2.75) is 341 Å². The molecule has 0 aromatic heterocycles. The van der Waals surface area contributed by atoms with Crippen LogP contribution in [0.5, 0.6) is 0 Å². The molecule has 6 heteroatoms. The molecule has 74 heavy (non-hydrogen) atoms. The lowest BCUT2D eigenvalue weighted by Gasteiger charge is -2.18. The summed E-state index contributed by atoms with van der Waals surface area (Å²) in [4.78, 5) is 37.9. The predicted octanol–water partition coefficient (Wildman–Crippen LogP) is 21.9. The van der Waals surface area contributed by atoms with Crippen LogP contribution >= 0.6 is 0 Å². The van der Waals surface area contributed by atoms with Crippen molar-refractivity contribution in [1.29, 1.82) is 0 Å². The van der Waals surface area contributed by atoms with E-state index in [0.717, 1.165) is 89.9 Å². The van der Waals surface area contributed by atoms with Crippen LogP contribution in [0.3, 0.4) is 0 Å². The predicted molar refractivity (Wildman–Crippen MR) is 321 cm³/mol. The van der Waals surface area contributed by atoms with Gasteiger partial charge >= 0.3 is 17.9 Å². The minimum atomic E-state index is -0.770. The van der Waals surface area contributed by atoms with Crippen molar-refractivity contribution in [3.8, 4) is 0 Å². The number of esters is 3. The molecule has 0 aliphatic carbocycles. The Morgan fingerprint density at radius 2 is 0.527 bits per heavy atom. The molecule has 0 aromatic rings. The molecule has 0 aromatic carbocycles. The van der Waals surface area contributed by atoms with E-state index in [1.165, 1.54) is 205 Å². The van der Waals surface area contributed by atoms with Crippen molar-refractivity contribution in [3.63, 3.8) is 0 Å². The highest BCUT2D eigenvalue weighted by Crippen LogP contribution is 2.17. The molecule has 0 N–H and O–H groups in total. The topological polar surface area (TPSA) is 78.9 Å². The Labute approximate surface area is 460 Å². The molecule has 0 aliphatic heterocycles. The quantitative estimate of drug-likeness (QED) is 0.0261. The molecule has 0 saturated carbocycles. The molecule has 6 nitrogen and oxygen atoms in total. The van der Waals surface area contributed by atoms with Gasteiger partial charge in [-0.05, 0) is 83.5 Å². The Bertz CT molecular complexity index is 1330. The first-order valence-corrected chi connectivity index (χ1v) is 32.3. The summed E-state index contributed by atoms with van der Waals surface area (Å²) in [6, 6.07) is 0.